The van der Waals surface area contributed by atoms with Gasteiger partial charge >= 0.3 is 0 Å². The van der Waals surface area contributed by atoms with Crippen molar-refractivity contribution in [3.05, 3.63) is 59.9 Å². The number of nitrogens with one attached hydrogen (secondary N) is 1. The van der Waals surface area contributed by atoms with E-state index in [-0.39, 0.29) is 12.1 Å². The Morgan fingerprint density at radius 1 is 1.20 bits per heavy atom. The number of primary amides is 1. The summed E-state index contributed by atoms with van der Waals surface area (Å²) in [5.41, 5.74) is 7.73. The standard InChI is InChI=1S/C22H23FN4O3/c23-16-6-8-18(9-7-16)27-20(21(24)28)11-19(26-27)22(29)25-17-3-1-2-15(10-17)13-30-12-14-4-5-14/h1-3,6-10,14,20H,4-5,11-13H2,(H2,24,28)(H,25,29). The quantitative estimate of drug-likeness (QED) is 0.699. The smallest absolute Gasteiger partial charge is 0.271 e. The zero-order valence-corrected chi connectivity index (χ0v) is 16.4. The van der Waals surface area contributed by atoms with E-state index in [9.17, 15) is 14.0 Å². The number of benzene rings is 2. The average molecular weight is 410 g/mol. The number of hydrogen-bond donors (Lipinski definition) is 2. The number of amides is 2. The van der Waals surface area contributed by atoms with Crippen LogP contribution in [0.15, 0.2) is 53.6 Å². The molecule has 1 aliphatic heterocycles. The van der Waals surface area contributed by atoms with Gasteiger partial charge in [0.15, 0.2) is 0 Å². The molecule has 0 saturated heterocycles. The summed E-state index contributed by atoms with van der Waals surface area (Å²) < 4.78 is 18.9. The van der Waals surface area contributed by atoms with E-state index in [1.807, 2.05) is 18.2 Å². The summed E-state index contributed by atoms with van der Waals surface area (Å²) >= 11 is 0. The lowest BCUT2D eigenvalue weighted by Gasteiger charge is -2.20. The topological polar surface area (TPSA) is 97.0 Å². The molecular formula is C22H23FN4O3. The summed E-state index contributed by atoms with van der Waals surface area (Å²) in [6.45, 7) is 1.25. The summed E-state index contributed by atoms with van der Waals surface area (Å²) in [5.74, 6) is -0.741. The molecule has 1 atom stereocenters. The van der Waals surface area contributed by atoms with Crippen LogP contribution in [0.4, 0.5) is 15.8 Å². The molecule has 1 saturated carbocycles. The summed E-state index contributed by atoms with van der Waals surface area (Å²) in [6, 6.07) is 12.1. The number of nitrogens with zero attached hydrogens (tertiary/aromatic N) is 2. The van der Waals surface area contributed by atoms with E-state index < -0.39 is 23.7 Å². The molecule has 2 amide bonds. The molecule has 1 aliphatic carbocycles. The van der Waals surface area contributed by atoms with Crippen molar-refractivity contribution in [2.75, 3.05) is 16.9 Å². The van der Waals surface area contributed by atoms with Crippen LogP contribution in [0.5, 0.6) is 0 Å². The number of carbonyl (C=O) groups is 2. The lowest BCUT2D eigenvalue weighted by molar-refractivity contribution is -0.119. The highest BCUT2D eigenvalue weighted by Gasteiger charge is 2.35. The number of rotatable bonds is 8. The third-order valence-corrected chi connectivity index (χ3v) is 5.10. The van der Waals surface area contributed by atoms with Crippen molar-refractivity contribution in [3.8, 4) is 0 Å². The molecule has 30 heavy (non-hydrogen) atoms. The maximum Gasteiger partial charge on any atom is 0.271 e. The van der Waals surface area contributed by atoms with Crippen molar-refractivity contribution in [2.45, 2.75) is 31.9 Å². The molecule has 2 aromatic carbocycles. The van der Waals surface area contributed by atoms with Crippen molar-refractivity contribution < 1.29 is 18.7 Å². The fourth-order valence-electron chi connectivity index (χ4n) is 3.27. The average Bonchev–Trinajstić information content (AvgIpc) is 3.43. The molecule has 4 rings (SSSR count). The Morgan fingerprint density at radius 2 is 1.97 bits per heavy atom. The van der Waals surface area contributed by atoms with E-state index in [2.05, 4.69) is 10.4 Å². The molecule has 0 aromatic heterocycles. The largest absolute Gasteiger partial charge is 0.376 e. The highest BCUT2D eigenvalue weighted by atomic mass is 19.1. The summed E-state index contributed by atoms with van der Waals surface area (Å²) in [7, 11) is 0. The first-order chi connectivity index (χ1) is 14.5. The highest BCUT2D eigenvalue weighted by Crippen LogP contribution is 2.29. The molecule has 3 N–H and O–H groups in total. The van der Waals surface area contributed by atoms with Gasteiger partial charge in [0.25, 0.3) is 5.91 Å². The zero-order chi connectivity index (χ0) is 21.1. The maximum absolute atomic E-state index is 13.2. The van der Waals surface area contributed by atoms with Crippen LogP contribution in [0, 0.1) is 11.7 Å². The molecule has 1 heterocycles. The van der Waals surface area contributed by atoms with E-state index in [4.69, 9.17) is 10.5 Å². The Labute approximate surface area is 173 Å². The Balaban J connectivity index is 1.43. The zero-order valence-electron chi connectivity index (χ0n) is 16.4. The molecule has 0 bridgehead atoms. The number of carbonyl (C=O) groups excluding carboxylic acids is 2. The molecule has 1 unspecified atom stereocenters. The van der Waals surface area contributed by atoms with Gasteiger partial charge in [0.05, 0.1) is 12.3 Å². The SMILES string of the molecule is NC(=O)C1CC(C(=O)Nc2cccc(COCC3CC3)c2)=NN1c1ccc(F)cc1. The maximum atomic E-state index is 13.2. The van der Waals surface area contributed by atoms with Gasteiger partial charge in [0.1, 0.15) is 17.6 Å². The van der Waals surface area contributed by atoms with Crippen molar-refractivity contribution >= 4 is 28.9 Å². The van der Waals surface area contributed by atoms with Crippen molar-refractivity contribution in [3.63, 3.8) is 0 Å². The molecular weight excluding hydrogens is 387 g/mol. The van der Waals surface area contributed by atoms with Crippen LogP contribution in [-0.4, -0.2) is 30.2 Å². The van der Waals surface area contributed by atoms with E-state index in [0.29, 0.717) is 23.9 Å². The van der Waals surface area contributed by atoms with Crippen LogP contribution in [0.1, 0.15) is 24.8 Å². The predicted molar refractivity (Wildman–Crippen MR) is 111 cm³/mol. The third-order valence-electron chi connectivity index (χ3n) is 5.10. The van der Waals surface area contributed by atoms with Crippen molar-refractivity contribution in [1.82, 2.24) is 0 Å². The second-order valence-corrected chi connectivity index (χ2v) is 7.60. The second-order valence-electron chi connectivity index (χ2n) is 7.60. The molecule has 2 aromatic rings. The Morgan fingerprint density at radius 3 is 2.67 bits per heavy atom. The van der Waals surface area contributed by atoms with Gasteiger partial charge in [-0.2, -0.15) is 5.10 Å². The lowest BCUT2D eigenvalue weighted by Crippen LogP contribution is -2.39. The number of ether oxygens (including phenoxy) is 1. The number of hydrogen-bond acceptors (Lipinski definition) is 5. The monoisotopic (exact) mass is 410 g/mol. The Hall–Kier alpha value is -3.26. The number of hydrazone groups is 1. The van der Waals surface area contributed by atoms with E-state index in [1.54, 1.807) is 6.07 Å². The van der Waals surface area contributed by atoms with Crippen molar-refractivity contribution in [1.29, 1.82) is 0 Å². The van der Waals surface area contributed by atoms with E-state index >= 15 is 0 Å². The van der Waals surface area contributed by atoms with Gasteiger partial charge in [-0.05, 0) is 60.7 Å². The van der Waals surface area contributed by atoms with Crippen LogP contribution < -0.4 is 16.1 Å². The molecule has 0 radical (unpaired) electrons. The van der Waals surface area contributed by atoms with Crippen LogP contribution in [0.25, 0.3) is 0 Å². The van der Waals surface area contributed by atoms with Gasteiger partial charge in [0, 0.05) is 18.7 Å². The summed E-state index contributed by atoms with van der Waals surface area (Å²) in [4.78, 5) is 24.6. The van der Waals surface area contributed by atoms with Gasteiger partial charge in [-0.15, -0.1) is 0 Å². The van der Waals surface area contributed by atoms with E-state index in [1.165, 1.54) is 42.1 Å². The van der Waals surface area contributed by atoms with Crippen LogP contribution in [0.3, 0.4) is 0 Å². The first kappa shape index (κ1) is 20.0. The number of anilines is 2. The molecule has 7 nitrogen and oxygen atoms in total. The van der Waals surface area contributed by atoms with E-state index in [0.717, 1.165) is 12.2 Å². The van der Waals surface area contributed by atoms with Crippen LogP contribution in [0.2, 0.25) is 0 Å². The van der Waals surface area contributed by atoms with Crippen LogP contribution in [-0.2, 0) is 20.9 Å². The van der Waals surface area contributed by atoms with Crippen molar-refractivity contribution in [2.24, 2.45) is 16.8 Å². The minimum Gasteiger partial charge on any atom is -0.376 e. The molecule has 8 heteroatoms. The normalized spacial score (nSPS) is 18.2. The molecule has 156 valence electrons. The van der Waals surface area contributed by atoms with Gasteiger partial charge in [-0.25, -0.2) is 4.39 Å². The molecule has 0 spiro atoms. The lowest BCUT2D eigenvalue weighted by atomic mass is 10.1. The second kappa shape index (κ2) is 8.62. The third kappa shape index (κ3) is 4.83. The number of nitrogens with two attached hydrogens (primary N) is 1. The molecule has 1 fully saturated rings. The first-order valence-corrected chi connectivity index (χ1v) is 9.89. The highest BCUT2D eigenvalue weighted by molar-refractivity contribution is 6.44. The van der Waals surface area contributed by atoms with Gasteiger partial charge < -0.3 is 15.8 Å². The summed E-state index contributed by atoms with van der Waals surface area (Å²) in [6.07, 6.45) is 2.54. The Bertz CT molecular complexity index is 973. The van der Waals surface area contributed by atoms with Gasteiger partial charge in [-0.1, -0.05) is 12.1 Å². The Kier molecular flexibility index (Phi) is 5.76. The minimum atomic E-state index is -0.807. The minimum absolute atomic E-state index is 0.0722. The molecule has 2 aliphatic rings. The fourth-order valence-corrected chi connectivity index (χ4v) is 3.27. The number of halogens is 1. The fraction of sp³-hybridized carbons (Fsp3) is 0.318. The summed E-state index contributed by atoms with van der Waals surface area (Å²) in [5, 5.41) is 8.45. The first-order valence-electron chi connectivity index (χ1n) is 9.89. The van der Waals surface area contributed by atoms with Gasteiger partial charge in [0.2, 0.25) is 5.91 Å². The van der Waals surface area contributed by atoms with Crippen LogP contribution >= 0.6 is 0 Å². The predicted octanol–water partition coefficient (Wildman–Crippen LogP) is 2.81. The van der Waals surface area contributed by atoms with Gasteiger partial charge in [-0.3, -0.25) is 14.6 Å².